The van der Waals surface area contributed by atoms with Crippen molar-refractivity contribution in [2.45, 2.75) is 32.2 Å². The van der Waals surface area contributed by atoms with E-state index in [1.807, 2.05) is 24.3 Å². The summed E-state index contributed by atoms with van der Waals surface area (Å²) in [4.78, 5) is 4.92. The van der Waals surface area contributed by atoms with Gasteiger partial charge >= 0.3 is 0 Å². The summed E-state index contributed by atoms with van der Waals surface area (Å²) in [6.45, 7) is 8.59. The number of aromatic nitrogens is 2. The van der Waals surface area contributed by atoms with Crippen LogP contribution in [0, 0.1) is 0 Å². The number of methoxy groups -OCH3 is 1. The van der Waals surface area contributed by atoms with Crippen LogP contribution in [0.15, 0.2) is 72.9 Å². The molecular formula is C26H30N2O2Si. The largest absolute Gasteiger partial charge is 0.497 e. The third-order valence-corrected chi connectivity index (χ3v) is 7.10. The molecule has 4 rings (SSSR count). The summed E-state index contributed by atoms with van der Waals surface area (Å²) in [7, 11) is 0.542. The summed E-state index contributed by atoms with van der Waals surface area (Å²) >= 11 is 0. The fraction of sp³-hybridized carbons (Fsp3) is 0.269. The maximum atomic E-state index is 6.04. The number of hydrogen-bond acceptors (Lipinski definition) is 3. The highest BCUT2D eigenvalue weighted by atomic mass is 28.3. The lowest BCUT2D eigenvalue weighted by atomic mass is 10.1. The van der Waals surface area contributed by atoms with Crippen LogP contribution in [-0.2, 0) is 6.54 Å². The average molecular weight is 431 g/mol. The van der Waals surface area contributed by atoms with Gasteiger partial charge in [0.05, 0.1) is 19.2 Å². The van der Waals surface area contributed by atoms with Crippen molar-refractivity contribution in [3.8, 4) is 22.8 Å². The normalized spacial score (nSPS) is 11.6. The van der Waals surface area contributed by atoms with E-state index in [9.17, 15) is 0 Å². The van der Waals surface area contributed by atoms with Crippen LogP contribution in [0.3, 0.4) is 0 Å². The predicted octanol–water partition coefficient (Wildman–Crippen LogP) is 6.48. The lowest BCUT2D eigenvalue weighted by Crippen LogP contribution is -2.22. The standard InChI is InChI=1S/C26H30N2O2Si/c1-29-22-12-10-21(11-13-22)23-19-28(18-20-8-6-5-7-9-20)24-14-15-25(27-26(23)24)30-16-17-31(2,3)4/h5-15,19H,16-18H2,1-4H3. The SMILES string of the molecule is COc1ccc(-c2cn(Cc3ccccc3)c3ccc(OCC[Si](C)(C)C)nc23)cc1. The second kappa shape index (κ2) is 8.98. The Kier molecular flexibility index (Phi) is 6.14. The van der Waals surface area contributed by atoms with Crippen molar-refractivity contribution in [1.29, 1.82) is 0 Å². The summed E-state index contributed by atoms with van der Waals surface area (Å²) in [6.07, 6.45) is 2.19. The molecule has 2 aromatic heterocycles. The molecule has 31 heavy (non-hydrogen) atoms. The Hall–Kier alpha value is -3.05. The number of nitrogens with zero attached hydrogens (tertiary/aromatic N) is 2. The van der Waals surface area contributed by atoms with E-state index in [4.69, 9.17) is 14.5 Å². The van der Waals surface area contributed by atoms with Gasteiger partial charge in [0.25, 0.3) is 0 Å². The van der Waals surface area contributed by atoms with Gasteiger partial charge in [0.2, 0.25) is 5.88 Å². The first-order valence-electron chi connectivity index (χ1n) is 10.7. The molecule has 0 aliphatic heterocycles. The van der Waals surface area contributed by atoms with Gasteiger partial charge in [-0.1, -0.05) is 62.1 Å². The molecule has 0 saturated heterocycles. The van der Waals surface area contributed by atoms with Crippen molar-refractivity contribution in [1.82, 2.24) is 9.55 Å². The maximum Gasteiger partial charge on any atom is 0.213 e. The number of benzene rings is 2. The van der Waals surface area contributed by atoms with Crippen molar-refractivity contribution in [3.05, 3.63) is 78.5 Å². The lowest BCUT2D eigenvalue weighted by Gasteiger charge is -2.15. The minimum Gasteiger partial charge on any atom is -0.497 e. The van der Waals surface area contributed by atoms with Gasteiger partial charge in [-0.2, -0.15) is 0 Å². The molecule has 0 N–H and O–H groups in total. The Labute approximate surface area is 185 Å². The zero-order chi connectivity index (χ0) is 21.8. The van der Waals surface area contributed by atoms with Crippen molar-refractivity contribution in [3.63, 3.8) is 0 Å². The van der Waals surface area contributed by atoms with Crippen LogP contribution >= 0.6 is 0 Å². The monoisotopic (exact) mass is 430 g/mol. The molecule has 0 fully saturated rings. The van der Waals surface area contributed by atoms with Crippen molar-refractivity contribution >= 4 is 19.1 Å². The van der Waals surface area contributed by atoms with E-state index in [1.165, 1.54) is 5.56 Å². The van der Waals surface area contributed by atoms with E-state index in [0.29, 0.717) is 5.88 Å². The fourth-order valence-corrected chi connectivity index (χ4v) is 4.30. The molecule has 0 saturated carbocycles. The van der Waals surface area contributed by atoms with Gasteiger partial charge in [0.15, 0.2) is 0 Å². The number of ether oxygens (including phenoxy) is 2. The molecule has 0 bridgehead atoms. The molecule has 0 spiro atoms. The zero-order valence-electron chi connectivity index (χ0n) is 18.8. The Morgan fingerprint density at radius 2 is 1.65 bits per heavy atom. The molecular weight excluding hydrogens is 400 g/mol. The third-order valence-electron chi connectivity index (χ3n) is 5.40. The molecule has 0 atom stereocenters. The molecule has 160 valence electrons. The van der Waals surface area contributed by atoms with Crippen LogP contribution < -0.4 is 9.47 Å². The first-order chi connectivity index (χ1) is 14.9. The molecule has 0 aliphatic carbocycles. The van der Waals surface area contributed by atoms with Gasteiger partial charge in [0, 0.05) is 32.4 Å². The Bertz CT molecular complexity index is 1150. The van der Waals surface area contributed by atoms with Gasteiger partial charge in [-0.3, -0.25) is 0 Å². The van der Waals surface area contributed by atoms with Gasteiger partial charge in [-0.25, -0.2) is 4.98 Å². The van der Waals surface area contributed by atoms with Crippen LogP contribution in [0.1, 0.15) is 5.56 Å². The number of rotatable bonds is 8. The van der Waals surface area contributed by atoms with E-state index in [2.05, 4.69) is 72.9 Å². The van der Waals surface area contributed by atoms with Crippen LogP contribution in [-0.4, -0.2) is 31.3 Å². The second-order valence-corrected chi connectivity index (χ2v) is 14.7. The molecule has 0 amide bonds. The molecule has 0 unspecified atom stereocenters. The topological polar surface area (TPSA) is 36.3 Å². The highest BCUT2D eigenvalue weighted by Crippen LogP contribution is 2.32. The minimum atomic E-state index is -1.15. The first-order valence-corrected chi connectivity index (χ1v) is 14.4. The molecule has 2 heterocycles. The van der Waals surface area contributed by atoms with Crippen LogP contribution in [0.2, 0.25) is 25.7 Å². The van der Waals surface area contributed by atoms with Crippen molar-refractivity contribution in [2.24, 2.45) is 0 Å². The van der Waals surface area contributed by atoms with Crippen LogP contribution in [0.5, 0.6) is 11.6 Å². The molecule has 4 aromatic rings. The quantitative estimate of drug-likeness (QED) is 0.300. The maximum absolute atomic E-state index is 6.04. The number of fused-ring (bicyclic) bond motifs is 1. The Balaban J connectivity index is 1.72. The van der Waals surface area contributed by atoms with Crippen LogP contribution in [0.4, 0.5) is 0 Å². The Morgan fingerprint density at radius 1 is 0.903 bits per heavy atom. The third kappa shape index (κ3) is 5.17. The molecule has 0 radical (unpaired) electrons. The van der Waals surface area contributed by atoms with Crippen molar-refractivity contribution < 1.29 is 9.47 Å². The number of pyridine rings is 1. The van der Waals surface area contributed by atoms with Crippen molar-refractivity contribution in [2.75, 3.05) is 13.7 Å². The van der Waals surface area contributed by atoms with E-state index in [0.717, 1.165) is 47.1 Å². The predicted molar refractivity (Wildman–Crippen MR) is 131 cm³/mol. The second-order valence-electron chi connectivity index (χ2n) is 9.06. The van der Waals surface area contributed by atoms with Gasteiger partial charge < -0.3 is 14.0 Å². The summed E-state index contributed by atoms with van der Waals surface area (Å²) in [5, 5.41) is 0. The molecule has 0 aliphatic rings. The molecule has 4 nitrogen and oxygen atoms in total. The lowest BCUT2D eigenvalue weighted by molar-refractivity contribution is 0.326. The summed E-state index contributed by atoms with van der Waals surface area (Å²) < 4.78 is 13.6. The van der Waals surface area contributed by atoms with Gasteiger partial charge in [0.1, 0.15) is 11.3 Å². The smallest absolute Gasteiger partial charge is 0.213 e. The minimum absolute atomic E-state index is 0.693. The summed E-state index contributed by atoms with van der Waals surface area (Å²) in [5.74, 6) is 1.54. The fourth-order valence-electron chi connectivity index (χ4n) is 3.59. The van der Waals surface area contributed by atoms with E-state index in [1.54, 1.807) is 7.11 Å². The zero-order valence-corrected chi connectivity index (χ0v) is 19.8. The highest BCUT2D eigenvalue weighted by Gasteiger charge is 2.16. The summed E-state index contributed by atoms with van der Waals surface area (Å²) in [6, 6.07) is 23.9. The van der Waals surface area contributed by atoms with Crippen LogP contribution in [0.25, 0.3) is 22.2 Å². The van der Waals surface area contributed by atoms with E-state index >= 15 is 0 Å². The Morgan fingerprint density at radius 3 is 2.32 bits per heavy atom. The number of hydrogen-bond donors (Lipinski definition) is 0. The average Bonchev–Trinajstić information content (AvgIpc) is 3.11. The molecule has 2 aromatic carbocycles. The highest BCUT2D eigenvalue weighted by molar-refractivity contribution is 6.76. The molecule has 5 heteroatoms. The first kappa shape index (κ1) is 21.2. The van der Waals surface area contributed by atoms with Gasteiger partial charge in [-0.15, -0.1) is 0 Å². The summed E-state index contributed by atoms with van der Waals surface area (Å²) in [5.41, 5.74) is 5.54. The van der Waals surface area contributed by atoms with Gasteiger partial charge in [-0.05, 0) is 35.4 Å². The van der Waals surface area contributed by atoms with E-state index < -0.39 is 8.07 Å². The van der Waals surface area contributed by atoms with E-state index in [-0.39, 0.29) is 0 Å².